The zero-order valence-corrected chi connectivity index (χ0v) is 13.1. The van der Waals surface area contributed by atoms with Crippen LogP contribution in [-0.2, 0) is 14.3 Å². The van der Waals surface area contributed by atoms with Gasteiger partial charge in [0, 0.05) is 22.4 Å². The van der Waals surface area contributed by atoms with Crippen molar-refractivity contribution in [1.29, 1.82) is 0 Å². The molecule has 1 aromatic heterocycles. The number of nitrogens with zero attached hydrogens (tertiary/aromatic N) is 1. The van der Waals surface area contributed by atoms with Gasteiger partial charge in [0.1, 0.15) is 5.15 Å². The van der Waals surface area contributed by atoms with Crippen molar-refractivity contribution < 1.29 is 12.6 Å². The summed E-state index contributed by atoms with van der Waals surface area (Å²) in [5.74, 6) is 0. The number of pyridine rings is 1. The number of hydrogen-bond donors (Lipinski definition) is 0. The Hall–Kier alpha value is -0.880. The Labute approximate surface area is 128 Å². The van der Waals surface area contributed by atoms with E-state index in [9.17, 15) is 8.42 Å². The predicted molar refractivity (Wildman–Crippen MR) is 79.9 cm³/mol. The van der Waals surface area contributed by atoms with Crippen LogP contribution in [0.4, 0.5) is 0 Å². The molecule has 1 aliphatic rings. The Morgan fingerprint density at radius 2 is 2.05 bits per heavy atom. The van der Waals surface area contributed by atoms with E-state index in [1.54, 1.807) is 25.1 Å². The number of allylic oxidation sites excluding steroid dienone is 4. The maximum atomic E-state index is 12.1. The molecule has 0 atom stereocenters. The largest absolute Gasteiger partial charge is 0.293 e. The van der Waals surface area contributed by atoms with Gasteiger partial charge in [-0.15, -0.1) is 0 Å². The first-order valence-electron chi connectivity index (χ1n) is 6.04. The van der Waals surface area contributed by atoms with Gasteiger partial charge in [-0.1, -0.05) is 23.2 Å². The fourth-order valence-electron chi connectivity index (χ4n) is 1.94. The molecule has 0 radical (unpaired) electrons. The maximum absolute atomic E-state index is 12.1. The number of halogens is 2. The van der Waals surface area contributed by atoms with Crippen LogP contribution in [0.25, 0.3) is 5.57 Å². The quantitative estimate of drug-likeness (QED) is 0.622. The Bertz CT molecular complexity index is 663. The third-order valence-electron chi connectivity index (χ3n) is 2.81. The van der Waals surface area contributed by atoms with Crippen LogP contribution in [0.1, 0.15) is 25.3 Å². The van der Waals surface area contributed by atoms with E-state index in [-0.39, 0.29) is 11.5 Å². The molecule has 0 amide bonds. The summed E-state index contributed by atoms with van der Waals surface area (Å²) in [5, 5.41) is 0.944. The van der Waals surface area contributed by atoms with Gasteiger partial charge in [0.05, 0.1) is 11.5 Å². The molecule has 0 N–H and O–H groups in total. The van der Waals surface area contributed by atoms with E-state index in [1.165, 1.54) is 6.20 Å². The molecular formula is C13H13Cl2NO3S. The molecule has 4 nitrogen and oxygen atoms in total. The van der Waals surface area contributed by atoms with Crippen molar-refractivity contribution in [2.75, 3.05) is 6.61 Å². The van der Waals surface area contributed by atoms with Crippen LogP contribution in [-0.4, -0.2) is 20.0 Å². The van der Waals surface area contributed by atoms with Gasteiger partial charge >= 0.3 is 0 Å². The SMILES string of the molecule is CCOS(=O)(=O)C1=C(c2ccc(Cl)nc2)C=C(Cl)CC1. The van der Waals surface area contributed by atoms with Crippen LogP contribution in [0.5, 0.6) is 0 Å². The molecule has 7 heteroatoms. The molecule has 0 unspecified atom stereocenters. The van der Waals surface area contributed by atoms with Crippen molar-refractivity contribution in [2.24, 2.45) is 0 Å². The summed E-state index contributed by atoms with van der Waals surface area (Å²) < 4.78 is 29.2. The van der Waals surface area contributed by atoms with E-state index >= 15 is 0 Å². The third kappa shape index (κ3) is 3.41. The van der Waals surface area contributed by atoms with Gasteiger partial charge in [-0.2, -0.15) is 8.42 Å². The molecule has 0 bridgehead atoms. The maximum Gasteiger partial charge on any atom is 0.293 e. The molecule has 2 rings (SSSR count). The van der Waals surface area contributed by atoms with Crippen LogP contribution in [0.15, 0.2) is 34.3 Å². The lowest BCUT2D eigenvalue weighted by Crippen LogP contribution is -2.12. The topological polar surface area (TPSA) is 56.3 Å². The fraction of sp³-hybridized carbons (Fsp3) is 0.308. The molecule has 0 saturated heterocycles. The standard InChI is InChI=1S/C13H13Cl2NO3S/c1-2-19-20(17,18)12-5-4-10(14)7-11(12)9-3-6-13(15)16-8-9/h3,6-8H,2,4-5H2,1H3. The second-order valence-corrected chi connectivity index (χ2v) is 6.67. The summed E-state index contributed by atoms with van der Waals surface area (Å²) in [6.45, 7) is 1.72. The molecule has 108 valence electrons. The molecule has 0 fully saturated rings. The van der Waals surface area contributed by atoms with Gasteiger partial charge in [-0.25, -0.2) is 4.98 Å². The molecule has 1 aliphatic carbocycles. The molecule has 1 aromatic rings. The molecule has 0 aromatic carbocycles. The lowest BCUT2D eigenvalue weighted by molar-refractivity contribution is 0.342. The number of hydrogen-bond acceptors (Lipinski definition) is 4. The normalized spacial score (nSPS) is 16.2. The lowest BCUT2D eigenvalue weighted by atomic mass is 10.0. The average molecular weight is 334 g/mol. The van der Waals surface area contributed by atoms with E-state index < -0.39 is 10.1 Å². The van der Waals surface area contributed by atoms with E-state index in [0.717, 1.165) is 0 Å². The summed E-state index contributed by atoms with van der Waals surface area (Å²) >= 11 is 11.8. The van der Waals surface area contributed by atoms with Crippen molar-refractivity contribution in [2.45, 2.75) is 19.8 Å². The minimum Gasteiger partial charge on any atom is -0.267 e. The highest BCUT2D eigenvalue weighted by Crippen LogP contribution is 2.35. The second-order valence-electron chi connectivity index (χ2n) is 4.16. The summed E-state index contributed by atoms with van der Waals surface area (Å²) in [6, 6.07) is 3.31. The van der Waals surface area contributed by atoms with Gasteiger partial charge in [0.15, 0.2) is 0 Å². The third-order valence-corrected chi connectivity index (χ3v) is 4.90. The van der Waals surface area contributed by atoms with Crippen LogP contribution in [0.2, 0.25) is 5.15 Å². The number of aromatic nitrogens is 1. The first-order chi connectivity index (χ1) is 9.44. The first kappa shape index (κ1) is 15.5. The Morgan fingerprint density at radius 3 is 2.65 bits per heavy atom. The zero-order valence-electron chi connectivity index (χ0n) is 10.8. The monoisotopic (exact) mass is 333 g/mol. The lowest BCUT2D eigenvalue weighted by Gasteiger charge is -2.17. The molecular weight excluding hydrogens is 321 g/mol. The summed E-state index contributed by atoms with van der Waals surface area (Å²) in [5.41, 5.74) is 1.16. The van der Waals surface area contributed by atoms with Gasteiger partial charge in [-0.3, -0.25) is 4.18 Å². The van der Waals surface area contributed by atoms with E-state index in [2.05, 4.69) is 4.98 Å². The predicted octanol–water partition coefficient (Wildman–Crippen LogP) is 3.73. The minimum absolute atomic E-state index is 0.0927. The Kier molecular flexibility index (Phi) is 4.86. The van der Waals surface area contributed by atoms with Crippen molar-refractivity contribution in [3.8, 4) is 0 Å². The Balaban J connectivity index is 2.57. The van der Waals surface area contributed by atoms with Crippen LogP contribution < -0.4 is 0 Å². The second kappa shape index (κ2) is 6.26. The molecule has 0 spiro atoms. The summed E-state index contributed by atoms with van der Waals surface area (Å²) in [4.78, 5) is 4.19. The average Bonchev–Trinajstić information content (AvgIpc) is 2.39. The first-order valence-corrected chi connectivity index (χ1v) is 8.21. The van der Waals surface area contributed by atoms with Crippen LogP contribution in [0, 0.1) is 0 Å². The van der Waals surface area contributed by atoms with Gasteiger partial charge in [-0.05, 0) is 38.0 Å². The van der Waals surface area contributed by atoms with E-state index in [1.807, 2.05) is 0 Å². The highest BCUT2D eigenvalue weighted by Gasteiger charge is 2.25. The van der Waals surface area contributed by atoms with E-state index in [4.69, 9.17) is 27.4 Å². The van der Waals surface area contributed by atoms with Crippen LogP contribution in [0.3, 0.4) is 0 Å². The van der Waals surface area contributed by atoms with Crippen molar-refractivity contribution >= 4 is 38.9 Å². The summed E-state index contributed by atoms with van der Waals surface area (Å²) in [7, 11) is -3.75. The molecule has 1 heterocycles. The number of rotatable bonds is 4. The highest BCUT2D eigenvalue weighted by molar-refractivity contribution is 7.90. The van der Waals surface area contributed by atoms with Gasteiger partial charge in [0.2, 0.25) is 0 Å². The van der Waals surface area contributed by atoms with E-state index in [0.29, 0.717) is 34.2 Å². The molecule has 0 saturated carbocycles. The molecule has 0 aliphatic heterocycles. The van der Waals surface area contributed by atoms with Gasteiger partial charge < -0.3 is 0 Å². The Morgan fingerprint density at radius 1 is 1.30 bits per heavy atom. The summed E-state index contributed by atoms with van der Waals surface area (Å²) in [6.07, 6.45) is 3.95. The zero-order chi connectivity index (χ0) is 14.8. The van der Waals surface area contributed by atoms with Crippen molar-refractivity contribution in [3.05, 3.63) is 45.1 Å². The smallest absolute Gasteiger partial charge is 0.267 e. The highest BCUT2D eigenvalue weighted by atomic mass is 35.5. The van der Waals surface area contributed by atoms with Crippen molar-refractivity contribution in [3.63, 3.8) is 0 Å². The minimum atomic E-state index is -3.75. The molecule has 20 heavy (non-hydrogen) atoms. The van der Waals surface area contributed by atoms with Crippen LogP contribution >= 0.6 is 23.2 Å². The van der Waals surface area contributed by atoms with Gasteiger partial charge in [0.25, 0.3) is 10.1 Å². The fourth-order valence-corrected chi connectivity index (χ4v) is 3.51. The van der Waals surface area contributed by atoms with Crippen molar-refractivity contribution in [1.82, 2.24) is 4.98 Å².